The van der Waals surface area contributed by atoms with E-state index in [1.807, 2.05) is 57.2 Å². The quantitative estimate of drug-likeness (QED) is 0.730. The number of hydrogen-bond acceptors (Lipinski definition) is 4. The van der Waals surface area contributed by atoms with E-state index in [0.717, 1.165) is 5.69 Å². The van der Waals surface area contributed by atoms with E-state index in [2.05, 4.69) is 10.4 Å². The second-order valence-electron chi connectivity index (χ2n) is 7.46. The Morgan fingerprint density at radius 1 is 1.00 bits per heavy atom. The monoisotopic (exact) mass is 377 g/mol. The molecule has 1 N–H and O–H groups in total. The van der Waals surface area contributed by atoms with Crippen LogP contribution in [0, 0.1) is 0 Å². The number of aromatic nitrogens is 2. The third-order valence-electron chi connectivity index (χ3n) is 4.03. The molecule has 3 aromatic rings. The molecule has 0 aliphatic heterocycles. The van der Waals surface area contributed by atoms with Crippen LogP contribution in [0.2, 0.25) is 0 Å². The highest BCUT2D eigenvalue weighted by Crippen LogP contribution is 2.24. The van der Waals surface area contributed by atoms with Crippen molar-refractivity contribution in [3.8, 4) is 11.5 Å². The van der Waals surface area contributed by atoms with Gasteiger partial charge in [-0.25, -0.2) is 4.68 Å². The largest absolute Gasteiger partial charge is 0.457 e. The van der Waals surface area contributed by atoms with Crippen LogP contribution in [0.5, 0.6) is 11.5 Å². The van der Waals surface area contributed by atoms with Crippen LogP contribution in [0.25, 0.3) is 0 Å². The average Bonchev–Trinajstić information content (AvgIpc) is 2.64. The number of amides is 1. The van der Waals surface area contributed by atoms with E-state index < -0.39 is 0 Å². The van der Waals surface area contributed by atoms with Gasteiger partial charge in [-0.2, -0.15) is 5.10 Å². The van der Waals surface area contributed by atoms with E-state index >= 15 is 0 Å². The predicted octanol–water partition coefficient (Wildman–Crippen LogP) is 3.97. The van der Waals surface area contributed by atoms with Crippen LogP contribution in [0.4, 0.5) is 5.69 Å². The highest BCUT2D eigenvalue weighted by Gasteiger charge is 2.17. The van der Waals surface area contributed by atoms with Crippen LogP contribution >= 0.6 is 0 Å². The summed E-state index contributed by atoms with van der Waals surface area (Å²) in [5.74, 6) is 0.979. The number of hydrogen-bond donors (Lipinski definition) is 1. The Labute approximate surface area is 163 Å². The van der Waals surface area contributed by atoms with Gasteiger partial charge in [0.2, 0.25) is 5.91 Å². The first-order chi connectivity index (χ1) is 13.3. The normalized spacial score (nSPS) is 11.1. The van der Waals surface area contributed by atoms with Gasteiger partial charge >= 0.3 is 0 Å². The third-order valence-corrected chi connectivity index (χ3v) is 4.03. The van der Waals surface area contributed by atoms with E-state index in [1.165, 1.54) is 10.7 Å². The lowest BCUT2D eigenvalue weighted by Crippen LogP contribution is -2.31. The van der Waals surface area contributed by atoms with Crippen molar-refractivity contribution in [2.75, 3.05) is 5.32 Å². The number of ether oxygens (including phenoxy) is 1. The summed E-state index contributed by atoms with van der Waals surface area (Å²) in [5.41, 5.74) is 0.801. The van der Waals surface area contributed by atoms with Crippen molar-refractivity contribution >= 4 is 11.6 Å². The van der Waals surface area contributed by atoms with E-state index in [1.54, 1.807) is 24.3 Å². The Balaban J connectivity index is 1.70. The van der Waals surface area contributed by atoms with Gasteiger partial charge in [-0.3, -0.25) is 9.59 Å². The molecule has 1 aromatic heterocycles. The second-order valence-corrected chi connectivity index (χ2v) is 7.46. The van der Waals surface area contributed by atoms with Gasteiger partial charge < -0.3 is 10.1 Å². The Morgan fingerprint density at radius 2 is 1.71 bits per heavy atom. The van der Waals surface area contributed by atoms with Crippen LogP contribution < -0.4 is 15.6 Å². The molecule has 0 saturated carbocycles. The molecule has 28 heavy (non-hydrogen) atoms. The highest BCUT2D eigenvalue weighted by atomic mass is 16.5. The number of carbonyl (C=O) groups excluding carboxylic acids is 1. The lowest BCUT2D eigenvalue weighted by molar-refractivity contribution is -0.117. The Bertz CT molecular complexity index is 1020. The summed E-state index contributed by atoms with van der Waals surface area (Å²) in [6, 6.07) is 19.6. The first-order valence-corrected chi connectivity index (χ1v) is 9.03. The maximum atomic E-state index is 12.4. The van der Waals surface area contributed by atoms with Crippen molar-refractivity contribution in [3.05, 3.63) is 82.8 Å². The SMILES string of the molecule is CC(C)(C)c1ccc(=O)n(CC(=O)Nc2cccc(Oc3ccccc3)c2)n1. The maximum Gasteiger partial charge on any atom is 0.267 e. The zero-order chi connectivity index (χ0) is 20.1. The number of nitrogens with one attached hydrogen (secondary N) is 1. The summed E-state index contributed by atoms with van der Waals surface area (Å²) >= 11 is 0. The van der Waals surface area contributed by atoms with Gasteiger partial charge in [0, 0.05) is 23.2 Å². The van der Waals surface area contributed by atoms with E-state index in [9.17, 15) is 9.59 Å². The molecule has 0 bridgehead atoms. The van der Waals surface area contributed by atoms with Crippen molar-refractivity contribution in [1.82, 2.24) is 9.78 Å². The first-order valence-electron chi connectivity index (χ1n) is 9.03. The molecular formula is C22H23N3O3. The van der Waals surface area contributed by atoms with E-state index in [4.69, 9.17) is 4.74 Å². The summed E-state index contributed by atoms with van der Waals surface area (Å²) in [7, 11) is 0. The third kappa shape index (κ3) is 5.07. The molecule has 0 aliphatic rings. The number of para-hydroxylation sites is 1. The zero-order valence-corrected chi connectivity index (χ0v) is 16.2. The van der Waals surface area contributed by atoms with E-state index in [-0.39, 0.29) is 23.4 Å². The predicted molar refractivity (Wildman–Crippen MR) is 109 cm³/mol. The molecule has 0 aliphatic carbocycles. The fourth-order valence-electron chi connectivity index (χ4n) is 2.56. The molecule has 6 heteroatoms. The van der Waals surface area contributed by atoms with Crippen LogP contribution in [0.1, 0.15) is 26.5 Å². The van der Waals surface area contributed by atoms with Gasteiger partial charge in [-0.05, 0) is 30.3 Å². The lowest BCUT2D eigenvalue weighted by Gasteiger charge is -2.18. The van der Waals surface area contributed by atoms with Crippen LogP contribution in [0.15, 0.2) is 71.5 Å². The van der Waals surface area contributed by atoms with Gasteiger partial charge in [0.05, 0.1) is 5.69 Å². The van der Waals surface area contributed by atoms with Crippen molar-refractivity contribution in [1.29, 1.82) is 0 Å². The molecule has 0 saturated heterocycles. The smallest absolute Gasteiger partial charge is 0.267 e. The molecule has 0 radical (unpaired) electrons. The second kappa shape index (κ2) is 8.08. The van der Waals surface area contributed by atoms with Crippen LogP contribution in [0.3, 0.4) is 0 Å². The minimum absolute atomic E-state index is 0.160. The molecule has 2 aromatic carbocycles. The number of rotatable bonds is 5. The highest BCUT2D eigenvalue weighted by molar-refractivity contribution is 5.90. The van der Waals surface area contributed by atoms with Crippen molar-refractivity contribution in [2.45, 2.75) is 32.7 Å². The first kappa shape index (κ1) is 19.4. The van der Waals surface area contributed by atoms with Gasteiger partial charge in [0.15, 0.2) is 0 Å². The summed E-state index contributed by atoms with van der Waals surface area (Å²) in [4.78, 5) is 24.5. The van der Waals surface area contributed by atoms with Crippen molar-refractivity contribution in [3.63, 3.8) is 0 Å². The van der Waals surface area contributed by atoms with Crippen molar-refractivity contribution < 1.29 is 9.53 Å². The molecule has 1 amide bonds. The Morgan fingerprint density at radius 3 is 2.43 bits per heavy atom. The molecule has 0 unspecified atom stereocenters. The Kier molecular flexibility index (Phi) is 5.59. The zero-order valence-electron chi connectivity index (χ0n) is 16.2. The molecule has 0 fully saturated rings. The average molecular weight is 377 g/mol. The maximum absolute atomic E-state index is 12.4. The van der Waals surface area contributed by atoms with Crippen LogP contribution in [-0.2, 0) is 16.8 Å². The standard InChI is InChI=1S/C22H23N3O3/c1-22(2,3)19-12-13-21(27)25(24-19)15-20(26)23-16-8-7-11-18(14-16)28-17-9-5-4-6-10-17/h4-14H,15H2,1-3H3,(H,23,26). The Hall–Kier alpha value is -3.41. The fourth-order valence-corrected chi connectivity index (χ4v) is 2.56. The molecule has 0 atom stereocenters. The van der Waals surface area contributed by atoms with Gasteiger partial charge in [0.25, 0.3) is 5.56 Å². The van der Waals surface area contributed by atoms with Crippen LogP contribution in [-0.4, -0.2) is 15.7 Å². The van der Waals surface area contributed by atoms with Gasteiger partial charge in [0.1, 0.15) is 18.0 Å². The number of carbonyl (C=O) groups is 1. The summed E-state index contributed by atoms with van der Waals surface area (Å²) in [6.07, 6.45) is 0. The number of benzene rings is 2. The molecular weight excluding hydrogens is 354 g/mol. The van der Waals surface area contributed by atoms with Gasteiger partial charge in [-0.15, -0.1) is 0 Å². The minimum Gasteiger partial charge on any atom is -0.457 e. The van der Waals surface area contributed by atoms with Crippen molar-refractivity contribution in [2.24, 2.45) is 0 Å². The molecule has 0 spiro atoms. The molecule has 3 rings (SSSR count). The summed E-state index contributed by atoms with van der Waals surface area (Å²) < 4.78 is 6.95. The fraction of sp³-hybridized carbons (Fsp3) is 0.227. The molecule has 6 nitrogen and oxygen atoms in total. The van der Waals surface area contributed by atoms with E-state index in [0.29, 0.717) is 17.2 Å². The topological polar surface area (TPSA) is 73.2 Å². The minimum atomic E-state index is -0.336. The number of anilines is 1. The number of nitrogens with zero attached hydrogens (tertiary/aromatic N) is 2. The summed E-state index contributed by atoms with van der Waals surface area (Å²) in [6.45, 7) is 5.85. The summed E-state index contributed by atoms with van der Waals surface area (Å²) in [5, 5.41) is 7.10. The molecule has 1 heterocycles. The van der Waals surface area contributed by atoms with Gasteiger partial charge in [-0.1, -0.05) is 45.0 Å². The molecule has 144 valence electrons. The lowest BCUT2D eigenvalue weighted by atomic mass is 9.92.